The van der Waals surface area contributed by atoms with Gasteiger partial charge < -0.3 is 10.6 Å². The van der Waals surface area contributed by atoms with Crippen LogP contribution in [0.1, 0.15) is 46.5 Å². The summed E-state index contributed by atoms with van der Waals surface area (Å²) in [6.45, 7) is 8.44. The maximum Gasteiger partial charge on any atom is 0.238 e. The normalized spacial score (nSPS) is 20.7. The van der Waals surface area contributed by atoms with Gasteiger partial charge in [0, 0.05) is 24.6 Å². The van der Waals surface area contributed by atoms with Crippen molar-refractivity contribution in [2.24, 2.45) is 5.41 Å². The van der Waals surface area contributed by atoms with E-state index < -0.39 is 0 Å². The standard InChI is InChI=1S/C14H28N2OS/c1-4-5-6-7-14(2,3)11-16-13(17)12-10-18-9-8-15-12/h12,15H,4-11H2,1-3H3,(H,16,17). The van der Waals surface area contributed by atoms with Crippen molar-refractivity contribution >= 4 is 17.7 Å². The Labute approximate surface area is 116 Å². The molecule has 0 aromatic carbocycles. The summed E-state index contributed by atoms with van der Waals surface area (Å²) in [7, 11) is 0. The number of unbranched alkanes of at least 4 members (excludes halogenated alkanes) is 2. The smallest absolute Gasteiger partial charge is 0.238 e. The molecule has 18 heavy (non-hydrogen) atoms. The van der Waals surface area contributed by atoms with Gasteiger partial charge in [-0.2, -0.15) is 11.8 Å². The highest BCUT2D eigenvalue weighted by Crippen LogP contribution is 2.22. The summed E-state index contributed by atoms with van der Waals surface area (Å²) in [5, 5.41) is 6.38. The maximum absolute atomic E-state index is 12.0. The van der Waals surface area contributed by atoms with Gasteiger partial charge in [-0.05, 0) is 11.8 Å². The van der Waals surface area contributed by atoms with E-state index >= 15 is 0 Å². The summed E-state index contributed by atoms with van der Waals surface area (Å²) in [5.41, 5.74) is 0.215. The van der Waals surface area contributed by atoms with Crippen LogP contribution in [0.4, 0.5) is 0 Å². The van der Waals surface area contributed by atoms with Crippen LogP contribution in [0.25, 0.3) is 0 Å². The fraction of sp³-hybridized carbons (Fsp3) is 0.929. The number of carbonyl (C=O) groups is 1. The van der Waals surface area contributed by atoms with Crippen LogP contribution in [0.3, 0.4) is 0 Å². The third kappa shape index (κ3) is 6.10. The summed E-state index contributed by atoms with van der Waals surface area (Å²) in [4.78, 5) is 12.0. The molecule has 0 spiro atoms. The van der Waals surface area contributed by atoms with Crippen LogP contribution in [-0.2, 0) is 4.79 Å². The molecule has 106 valence electrons. The lowest BCUT2D eigenvalue weighted by Gasteiger charge is -2.28. The minimum atomic E-state index is 0.00944. The average Bonchev–Trinajstić information content (AvgIpc) is 2.37. The molecule has 1 fully saturated rings. The van der Waals surface area contributed by atoms with Gasteiger partial charge >= 0.3 is 0 Å². The predicted molar refractivity (Wildman–Crippen MR) is 80.0 cm³/mol. The van der Waals surface area contributed by atoms with Crippen molar-refractivity contribution in [3.8, 4) is 0 Å². The van der Waals surface area contributed by atoms with Crippen molar-refractivity contribution in [1.82, 2.24) is 10.6 Å². The second-order valence-electron chi connectivity index (χ2n) is 5.92. The van der Waals surface area contributed by atoms with Crippen molar-refractivity contribution < 1.29 is 4.79 Å². The summed E-state index contributed by atoms with van der Waals surface area (Å²) in [6, 6.07) is 0.00944. The Morgan fingerprint density at radius 3 is 2.83 bits per heavy atom. The zero-order valence-electron chi connectivity index (χ0n) is 12.1. The molecule has 0 aliphatic carbocycles. The minimum absolute atomic E-state index is 0.00944. The van der Waals surface area contributed by atoms with Gasteiger partial charge in [-0.15, -0.1) is 0 Å². The number of amides is 1. The molecule has 1 aliphatic heterocycles. The van der Waals surface area contributed by atoms with E-state index in [-0.39, 0.29) is 17.4 Å². The maximum atomic E-state index is 12.0. The van der Waals surface area contributed by atoms with E-state index in [1.54, 1.807) is 0 Å². The fourth-order valence-corrected chi connectivity index (χ4v) is 3.06. The number of hydrogen-bond acceptors (Lipinski definition) is 3. The predicted octanol–water partition coefficient (Wildman–Crippen LogP) is 2.41. The summed E-state index contributed by atoms with van der Waals surface area (Å²) in [5.74, 6) is 2.19. The van der Waals surface area contributed by atoms with Crippen molar-refractivity contribution in [2.45, 2.75) is 52.5 Å². The molecule has 1 rings (SSSR count). The fourth-order valence-electron chi connectivity index (χ4n) is 2.13. The lowest BCUT2D eigenvalue weighted by atomic mass is 9.87. The van der Waals surface area contributed by atoms with E-state index in [9.17, 15) is 4.79 Å². The number of rotatable bonds is 7. The summed E-state index contributed by atoms with van der Waals surface area (Å²) in [6.07, 6.45) is 4.99. The first kappa shape index (κ1) is 15.8. The molecule has 0 bridgehead atoms. The summed E-state index contributed by atoms with van der Waals surface area (Å²) < 4.78 is 0. The minimum Gasteiger partial charge on any atom is -0.354 e. The van der Waals surface area contributed by atoms with Crippen LogP contribution in [0, 0.1) is 5.41 Å². The molecule has 2 N–H and O–H groups in total. The van der Waals surface area contributed by atoms with Crippen molar-refractivity contribution in [1.29, 1.82) is 0 Å². The number of thioether (sulfide) groups is 1. The van der Waals surface area contributed by atoms with E-state index in [0.717, 1.165) is 24.6 Å². The molecule has 1 amide bonds. The van der Waals surface area contributed by atoms with E-state index in [0.29, 0.717) is 0 Å². The van der Waals surface area contributed by atoms with Crippen LogP contribution >= 0.6 is 11.8 Å². The molecular formula is C14H28N2OS. The average molecular weight is 272 g/mol. The van der Waals surface area contributed by atoms with Crippen LogP contribution in [-0.4, -0.2) is 36.5 Å². The number of nitrogens with one attached hydrogen (secondary N) is 2. The SMILES string of the molecule is CCCCCC(C)(C)CNC(=O)C1CSCCN1. The highest BCUT2D eigenvalue weighted by Gasteiger charge is 2.23. The molecule has 1 heterocycles. The number of hydrogen-bond donors (Lipinski definition) is 2. The third-order valence-corrected chi connectivity index (χ3v) is 4.50. The van der Waals surface area contributed by atoms with Gasteiger partial charge in [-0.3, -0.25) is 4.79 Å². The van der Waals surface area contributed by atoms with Crippen molar-refractivity contribution in [3.63, 3.8) is 0 Å². The Morgan fingerprint density at radius 2 is 2.22 bits per heavy atom. The van der Waals surface area contributed by atoms with Crippen LogP contribution in [0.5, 0.6) is 0 Å². The molecular weight excluding hydrogens is 244 g/mol. The Hall–Kier alpha value is -0.220. The molecule has 0 radical (unpaired) electrons. The topological polar surface area (TPSA) is 41.1 Å². The van der Waals surface area contributed by atoms with Crippen LogP contribution in [0.15, 0.2) is 0 Å². The highest BCUT2D eigenvalue weighted by atomic mass is 32.2. The molecule has 1 unspecified atom stereocenters. The van der Waals surface area contributed by atoms with Gasteiger partial charge in [0.25, 0.3) is 0 Å². The van der Waals surface area contributed by atoms with Gasteiger partial charge in [-0.1, -0.05) is 40.0 Å². The quantitative estimate of drug-likeness (QED) is 0.699. The molecule has 1 saturated heterocycles. The lowest BCUT2D eigenvalue weighted by Crippen LogP contribution is -2.50. The van der Waals surface area contributed by atoms with Gasteiger partial charge in [-0.25, -0.2) is 0 Å². The zero-order valence-corrected chi connectivity index (χ0v) is 12.9. The first-order valence-corrected chi connectivity index (χ1v) is 8.29. The van der Waals surface area contributed by atoms with E-state index in [1.165, 1.54) is 25.7 Å². The number of carbonyl (C=O) groups excluding carboxylic acids is 1. The van der Waals surface area contributed by atoms with Gasteiger partial charge in [0.15, 0.2) is 0 Å². The van der Waals surface area contributed by atoms with E-state index in [2.05, 4.69) is 31.4 Å². The largest absolute Gasteiger partial charge is 0.354 e. The van der Waals surface area contributed by atoms with Crippen molar-refractivity contribution in [2.75, 3.05) is 24.6 Å². The van der Waals surface area contributed by atoms with Crippen LogP contribution in [0.2, 0.25) is 0 Å². The first-order chi connectivity index (χ1) is 8.55. The molecule has 0 aromatic rings. The van der Waals surface area contributed by atoms with Gasteiger partial charge in [0.2, 0.25) is 5.91 Å². The van der Waals surface area contributed by atoms with Gasteiger partial charge in [0.05, 0.1) is 6.04 Å². The Balaban J connectivity index is 2.23. The Kier molecular flexibility index (Phi) is 7.08. The highest BCUT2D eigenvalue weighted by molar-refractivity contribution is 7.99. The summed E-state index contributed by atoms with van der Waals surface area (Å²) >= 11 is 1.86. The van der Waals surface area contributed by atoms with Crippen molar-refractivity contribution in [3.05, 3.63) is 0 Å². The first-order valence-electron chi connectivity index (χ1n) is 7.14. The molecule has 4 heteroatoms. The molecule has 1 aliphatic rings. The molecule has 3 nitrogen and oxygen atoms in total. The van der Waals surface area contributed by atoms with Gasteiger partial charge in [0.1, 0.15) is 0 Å². The second kappa shape index (κ2) is 8.05. The molecule has 0 saturated carbocycles. The van der Waals surface area contributed by atoms with E-state index in [4.69, 9.17) is 0 Å². The second-order valence-corrected chi connectivity index (χ2v) is 7.07. The molecule has 1 atom stereocenters. The Bertz CT molecular complexity index is 250. The lowest BCUT2D eigenvalue weighted by molar-refractivity contribution is -0.123. The monoisotopic (exact) mass is 272 g/mol. The molecule has 0 aromatic heterocycles. The zero-order chi connectivity index (χ0) is 13.4. The van der Waals surface area contributed by atoms with Crippen LogP contribution < -0.4 is 10.6 Å². The third-order valence-electron chi connectivity index (χ3n) is 3.44. The van der Waals surface area contributed by atoms with E-state index in [1.807, 2.05) is 11.8 Å². The Morgan fingerprint density at radius 1 is 1.44 bits per heavy atom.